The summed E-state index contributed by atoms with van der Waals surface area (Å²) in [6, 6.07) is 4.56. The number of nitrogens with zero attached hydrogens (tertiary/aromatic N) is 1. The maximum atomic E-state index is 12.3. The number of aryl methyl sites for hydroxylation is 1. The number of ether oxygens (including phenoxy) is 1. The van der Waals surface area contributed by atoms with Crippen molar-refractivity contribution < 1.29 is 23.4 Å². The number of aliphatic hydroxyl groups is 2. The predicted octanol–water partition coefficient (Wildman–Crippen LogP) is -0.270. The van der Waals surface area contributed by atoms with Gasteiger partial charge in [-0.05, 0) is 30.7 Å². The molecule has 19 heavy (non-hydrogen) atoms. The molecule has 0 radical (unpaired) electrons. The van der Waals surface area contributed by atoms with Crippen LogP contribution in [0, 0.1) is 6.92 Å². The van der Waals surface area contributed by atoms with Crippen molar-refractivity contribution in [3.8, 4) is 5.75 Å². The molecular weight excluding hydrogens is 270 g/mol. The van der Waals surface area contributed by atoms with Crippen LogP contribution in [0.4, 0.5) is 0 Å². The van der Waals surface area contributed by atoms with Gasteiger partial charge in [-0.1, -0.05) is 0 Å². The Bertz CT molecular complexity index is 561. The largest absolute Gasteiger partial charge is 0.496 e. The van der Waals surface area contributed by atoms with Gasteiger partial charge in [0.25, 0.3) is 0 Å². The Balaban J connectivity index is 2.33. The molecule has 0 aliphatic carbocycles. The van der Waals surface area contributed by atoms with Gasteiger partial charge in [0.05, 0.1) is 24.2 Å². The lowest BCUT2D eigenvalue weighted by Crippen LogP contribution is -2.30. The van der Waals surface area contributed by atoms with Crippen LogP contribution >= 0.6 is 0 Å². The fourth-order valence-corrected chi connectivity index (χ4v) is 3.65. The van der Waals surface area contributed by atoms with Gasteiger partial charge in [0, 0.05) is 13.1 Å². The molecule has 1 aromatic rings. The van der Waals surface area contributed by atoms with Crippen LogP contribution in [0.5, 0.6) is 5.75 Å². The summed E-state index contributed by atoms with van der Waals surface area (Å²) in [5.74, 6) is 0.612. The molecule has 1 fully saturated rings. The number of hydrogen-bond donors (Lipinski definition) is 2. The normalized spacial score (nSPS) is 24.6. The van der Waals surface area contributed by atoms with Crippen molar-refractivity contribution in [2.45, 2.75) is 24.0 Å². The van der Waals surface area contributed by atoms with E-state index in [-0.39, 0.29) is 18.0 Å². The van der Waals surface area contributed by atoms with E-state index in [0.29, 0.717) is 11.3 Å². The Kier molecular flexibility index (Phi) is 3.82. The minimum Gasteiger partial charge on any atom is -0.496 e. The lowest BCUT2D eigenvalue weighted by Gasteiger charge is -2.16. The molecule has 0 spiro atoms. The molecular formula is C12H17NO5S. The first-order chi connectivity index (χ1) is 8.86. The number of aliphatic hydroxyl groups excluding tert-OH is 2. The third-order valence-corrected chi connectivity index (χ3v) is 5.06. The molecule has 2 rings (SSSR count). The Morgan fingerprint density at radius 1 is 1.26 bits per heavy atom. The van der Waals surface area contributed by atoms with Gasteiger partial charge in [0.15, 0.2) is 0 Å². The van der Waals surface area contributed by atoms with E-state index in [2.05, 4.69) is 0 Å². The first-order valence-electron chi connectivity index (χ1n) is 5.87. The van der Waals surface area contributed by atoms with E-state index in [9.17, 15) is 18.6 Å². The second-order valence-electron chi connectivity index (χ2n) is 4.59. The molecule has 1 saturated heterocycles. The molecule has 106 valence electrons. The Hall–Kier alpha value is -1.15. The van der Waals surface area contributed by atoms with Gasteiger partial charge >= 0.3 is 0 Å². The van der Waals surface area contributed by atoms with E-state index in [1.165, 1.54) is 19.2 Å². The van der Waals surface area contributed by atoms with Crippen molar-refractivity contribution in [2.75, 3.05) is 20.2 Å². The van der Waals surface area contributed by atoms with Crippen LogP contribution < -0.4 is 4.74 Å². The van der Waals surface area contributed by atoms with Gasteiger partial charge in [-0.2, -0.15) is 4.31 Å². The number of β-amino-alcohol motifs (C(OH)–C–C–N with tert-alkyl or cyclic N) is 2. The highest BCUT2D eigenvalue weighted by Gasteiger charge is 2.37. The highest BCUT2D eigenvalue weighted by atomic mass is 32.2. The monoisotopic (exact) mass is 287 g/mol. The van der Waals surface area contributed by atoms with E-state index < -0.39 is 22.2 Å². The summed E-state index contributed by atoms with van der Waals surface area (Å²) in [4.78, 5) is 0.132. The first kappa shape index (κ1) is 14.3. The standard InChI is InChI=1S/C12H17NO5S/c1-8-5-9(3-4-12(8)18-2)19(16,17)13-6-10(14)11(15)7-13/h3-5,10-11,14-15H,6-7H2,1-2H3/t10-,11+. The third-order valence-electron chi connectivity index (χ3n) is 3.23. The smallest absolute Gasteiger partial charge is 0.243 e. The fraction of sp³-hybridized carbons (Fsp3) is 0.500. The second kappa shape index (κ2) is 5.09. The summed E-state index contributed by atoms with van der Waals surface area (Å²) in [6.07, 6.45) is -2.07. The summed E-state index contributed by atoms with van der Waals surface area (Å²) in [7, 11) is -2.18. The molecule has 1 heterocycles. The molecule has 2 atom stereocenters. The summed E-state index contributed by atoms with van der Waals surface area (Å²) in [5.41, 5.74) is 0.712. The van der Waals surface area contributed by atoms with Gasteiger partial charge in [0.2, 0.25) is 10.0 Å². The lowest BCUT2D eigenvalue weighted by molar-refractivity contribution is 0.0572. The Morgan fingerprint density at radius 3 is 2.32 bits per heavy atom. The molecule has 7 heteroatoms. The van der Waals surface area contributed by atoms with Crippen molar-refractivity contribution in [1.29, 1.82) is 0 Å². The average molecular weight is 287 g/mol. The summed E-state index contributed by atoms with van der Waals surface area (Å²) in [6.45, 7) is 1.58. The summed E-state index contributed by atoms with van der Waals surface area (Å²) >= 11 is 0. The van der Waals surface area contributed by atoms with E-state index in [0.717, 1.165) is 4.31 Å². The summed E-state index contributed by atoms with van der Waals surface area (Å²) < 4.78 is 30.9. The van der Waals surface area contributed by atoms with Crippen LogP contribution in [0.2, 0.25) is 0 Å². The summed E-state index contributed by atoms with van der Waals surface area (Å²) in [5, 5.41) is 18.9. The van der Waals surface area contributed by atoms with Gasteiger partial charge in [-0.25, -0.2) is 8.42 Å². The van der Waals surface area contributed by atoms with Crippen molar-refractivity contribution >= 4 is 10.0 Å². The highest BCUT2D eigenvalue weighted by molar-refractivity contribution is 7.89. The molecule has 1 aliphatic rings. The molecule has 0 unspecified atom stereocenters. The third kappa shape index (κ3) is 2.59. The molecule has 1 aromatic carbocycles. The number of methoxy groups -OCH3 is 1. The van der Waals surface area contributed by atoms with Crippen molar-refractivity contribution in [1.82, 2.24) is 4.31 Å². The molecule has 1 aliphatic heterocycles. The zero-order chi connectivity index (χ0) is 14.2. The molecule has 2 N–H and O–H groups in total. The van der Waals surface area contributed by atoms with E-state index in [4.69, 9.17) is 4.74 Å². The van der Waals surface area contributed by atoms with E-state index >= 15 is 0 Å². The fourth-order valence-electron chi connectivity index (χ4n) is 2.09. The highest BCUT2D eigenvalue weighted by Crippen LogP contribution is 2.25. The number of hydrogen-bond acceptors (Lipinski definition) is 5. The SMILES string of the molecule is COc1ccc(S(=O)(=O)N2C[C@@H](O)[C@@H](O)C2)cc1C. The minimum atomic E-state index is -3.69. The maximum absolute atomic E-state index is 12.3. The number of benzene rings is 1. The average Bonchev–Trinajstić information content (AvgIpc) is 2.70. The number of sulfonamides is 1. The van der Waals surface area contributed by atoms with Gasteiger partial charge in [0.1, 0.15) is 5.75 Å². The van der Waals surface area contributed by atoms with Crippen LogP contribution in [0.1, 0.15) is 5.56 Å². The lowest BCUT2D eigenvalue weighted by atomic mass is 10.2. The van der Waals surface area contributed by atoms with Crippen molar-refractivity contribution in [3.63, 3.8) is 0 Å². The molecule has 0 saturated carbocycles. The van der Waals surface area contributed by atoms with Gasteiger partial charge in [-0.15, -0.1) is 0 Å². The maximum Gasteiger partial charge on any atom is 0.243 e. The van der Waals surface area contributed by atoms with Gasteiger partial charge < -0.3 is 14.9 Å². The van der Waals surface area contributed by atoms with Crippen LogP contribution in [0.3, 0.4) is 0 Å². The van der Waals surface area contributed by atoms with Gasteiger partial charge in [-0.3, -0.25) is 0 Å². The zero-order valence-corrected chi connectivity index (χ0v) is 11.6. The Morgan fingerprint density at radius 2 is 1.84 bits per heavy atom. The first-order valence-corrected chi connectivity index (χ1v) is 7.31. The van der Waals surface area contributed by atoms with E-state index in [1.54, 1.807) is 13.0 Å². The second-order valence-corrected chi connectivity index (χ2v) is 6.53. The van der Waals surface area contributed by atoms with E-state index in [1.807, 2.05) is 0 Å². The molecule has 6 nitrogen and oxygen atoms in total. The predicted molar refractivity (Wildman–Crippen MR) is 68.5 cm³/mol. The molecule has 0 amide bonds. The minimum absolute atomic E-state index is 0.0887. The van der Waals surface area contributed by atoms with Crippen molar-refractivity contribution in [2.24, 2.45) is 0 Å². The quantitative estimate of drug-likeness (QED) is 0.799. The van der Waals surface area contributed by atoms with Crippen LogP contribution in [-0.4, -0.2) is 55.3 Å². The molecule has 0 bridgehead atoms. The van der Waals surface area contributed by atoms with Crippen LogP contribution in [0.25, 0.3) is 0 Å². The zero-order valence-electron chi connectivity index (χ0n) is 10.8. The Labute approximate surface area is 112 Å². The van der Waals surface area contributed by atoms with Crippen molar-refractivity contribution in [3.05, 3.63) is 23.8 Å². The van der Waals surface area contributed by atoms with Crippen LogP contribution in [-0.2, 0) is 10.0 Å². The number of rotatable bonds is 3. The topological polar surface area (TPSA) is 87.1 Å². The molecule has 0 aromatic heterocycles. The van der Waals surface area contributed by atoms with Crippen LogP contribution in [0.15, 0.2) is 23.1 Å².